The van der Waals surface area contributed by atoms with E-state index in [2.05, 4.69) is 4.99 Å². The highest BCUT2D eigenvalue weighted by Gasteiger charge is 2.37. The molecule has 2 N–H and O–H groups in total. The molecule has 0 heterocycles. The lowest BCUT2D eigenvalue weighted by molar-refractivity contribution is -0.385. The number of ether oxygens (including phenoxy) is 1. The summed E-state index contributed by atoms with van der Waals surface area (Å²) in [5.41, 5.74) is 1.29. The van der Waals surface area contributed by atoms with Crippen molar-refractivity contribution in [3.8, 4) is 5.75 Å². The minimum absolute atomic E-state index is 0.146. The molecule has 0 aliphatic carbocycles. The van der Waals surface area contributed by atoms with E-state index >= 15 is 0 Å². The van der Waals surface area contributed by atoms with E-state index in [1.807, 2.05) is 30.3 Å². The van der Waals surface area contributed by atoms with Crippen LogP contribution in [0.25, 0.3) is 0 Å². The average Bonchev–Trinajstić information content (AvgIpc) is 2.83. The molecule has 0 fully saturated rings. The maximum atomic E-state index is 11.9. The Morgan fingerprint density at radius 2 is 1.65 bits per heavy atom. The van der Waals surface area contributed by atoms with Gasteiger partial charge >= 0.3 is 11.9 Å². The summed E-state index contributed by atoms with van der Waals surface area (Å²) in [6.07, 6.45) is 1.31. The molecule has 3 aromatic carbocycles. The molecule has 3 aromatic rings. The number of carboxylic acid groups (broad SMARTS) is 2. The van der Waals surface area contributed by atoms with E-state index in [4.69, 9.17) is 4.74 Å². The van der Waals surface area contributed by atoms with Crippen LogP contribution < -0.4 is 4.74 Å². The van der Waals surface area contributed by atoms with Crippen molar-refractivity contribution in [2.45, 2.75) is 12.3 Å². The summed E-state index contributed by atoms with van der Waals surface area (Å²) in [5.74, 6) is -5.52. The number of carboxylic acids is 2. The summed E-state index contributed by atoms with van der Waals surface area (Å²) in [7, 11) is 1.47. The lowest BCUT2D eigenvalue weighted by Crippen LogP contribution is -2.31. The van der Waals surface area contributed by atoms with Crippen LogP contribution >= 0.6 is 0 Å². The Morgan fingerprint density at radius 3 is 2.21 bits per heavy atom. The van der Waals surface area contributed by atoms with E-state index in [-0.39, 0.29) is 23.4 Å². The molecule has 0 amide bonds. The van der Waals surface area contributed by atoms with Crippen LogP contribution in [0, 0.1) is 16.0 Å². The minimum Gasteiger partial charge on any atom is -0.497 e. The van der Waals surface area contributed by atoms with Crippen molar-refractivity contribution in [1.82, 2.24) is 0 Å². The summed E-state index contributed by atoms with van der Waals surface area (Å²) in [6.45, 7) is 0. The van der Waals surface area contributed by atoms with E-state index in [9.17, 15) is 29.9 Å². The van der Waals surface area contributed by atoms with Crippen LogP contribution in [0.1, 0.15) is 22.6 Å². The highest BCUT2D eigenvalue weighted by Crippen LogP contribution is 2.37. The van der Waals surface area contributed by atoms with Gasteiger partial charge in [-0.25, -0.2) is 0 Å². The van der Waals surface area contributed by atoms with Crippen LogP contribution in [-0.2, 0) is 16.0 Å². The SMILES string of the molecule is COc1ccc(C(Cc2c(/N=C/c3ccccc3)cccc2[N+](=O)[O-])C(C(=O)O)C(=O)O)cc1. The largest absolute Gasteiger partial charge is 0.497 e. The third-order valence-electron chi connectivity index (χ3n) is 5.38. The fourth-order valence-electron chi connectivity index (χ4n) is 3.70. The van der Waals surface area contributed by atoms with Gasteiger partial charge in [-0.05, 0) is 35.7 Å². The van der Waals surface area contributed by atoms with E-state index < -0.39 is 28.7 Å². The van der Waals surface area contributed by atoms with Gasteiger partial charge in [0, 0.05) is 18.2 Å². The van der Waals surface area contributed by atoms with Crippen molar-refractivity contribution < 1.29 is 29.5 Å². The van der Waals surface area contributed by atoms with Gasteiger partial charge in [-0.15, -0.1) is 0 Å². The Hall–Kier alpha value is -4.53. The zero-order valence-corrected chi connectivity index (χ0v) is 18.2. The first-order valence-corrected chi connectivity index (χ1v) is 10.3. The van der Waals surface area contributed by atoms with Crippen LogP contribution in [0.5, 0.6) is 5.75 Å². The average molecular weight is 462 g/mol. The molecule has 0 saturated carbocycles. The molecular formula is C25H22N2O7. The third kappa shape index (κ3) is 5.63. The highest BCUT2D eigenvalue weighted by molar-refractivity contribution is 5.94. The van der Waals surface area contributed by atoms with E-state index in [1.165, 1.54) is 25.5 Å². The smallest absolute Gasteiger partial charge is 0.318 e. The van der Waals surface area contributed by atoms with E-state index in [0.29, 0.717) is 11.3 Å². The maximum absolute atomic E-state index is 11.9. The zero-order valence-electron chi connectivity index (χ0n) is 18.2. The van der Waals surface area contributed by atoms with Crippen molar-refractivity contribution in [2.24, 2.45) is 10.9 Å². The molecule has 0 spiro atoms. The molecule has 1 unspecified atom stereocenters. The topological polar surface area (TPSA) is 139 Å². The van der Waals surface area contributed by atoms with Crippen LogP contribution in [0.2, 0.25) is 0 Å². The molecule has 9 heteroatoms. The number of nitrogens with zero attached hydrogens (tertiary/aromatic N) is 2. The fraction of sp³-hybridized carbons (Fsp3) is 0.160. The Kier molecular flexibility index (Phi) is 7.71. The van der Waals surface area contributed by atoms with Crippen molar-refractivity contribution >= 4 is 29.5 Å². The lowest BCUT2D eigenvalue weighted by atomic mass is 9.80. The standard InChI is InChI=1S/C25H22N2O7/c1-34-18-12-10-17(11-13-18)19(23(24(28)29)25(30)31)14-20-21(8-5-9-22(20)27(32)33)26-15-16-6-3-2-4-7-16/h2-13,15,19,23H,14H2,1H3,(H,28,29)(H,30,31)/b26-15+. The number of nitro groups is 1. The lowest BCUT2D eigenvalue weighted by Gasteiger charge is -2.22. The second kappa shape index (κ2) is 10.9. The highest BCUT2D eigenvalue weighted by atomic mass is 16.6. The number of aliphatic carboxylic acids is 2. The Bertz CT molecular complexity index is 1190. The number of aliphatic imine (C=N–C) groups is 1. The zero-order chi connectivity index (χ0) is 24.7. The summed E-state index contributed by atoms with van der Waals surface area (Å²) in [6, 6.07) is 19.7. The number of methoxy groups -OCH3 is 1. The molecule has 9 nitrogen and oxygen atoms in total. The Balaban J connectivity index is 2.13. The Labute approximate surface area is 195 Å². The van der Waals surface area contributed by atoms with Crippen LogP contribution in [0.4, 0.5) is 11.4 Å². The number of carbonyl (C=O) groups is 2. The number of benzene rings is 3. The Morgan fingerprint density at radius 1 is 1.00 bits per heavy atom. The molecular weight excluding hydrogens is 440 g/mol. The van der Waals surface area contributed by atoms with Gasteiger partial charge in [-0.2, -0.15) is 0 Å². The van der Waals surface area contributed by atoms with Crippen LogP contribution in [0.15, 0.2) is 77.8 Å². The predicted molar refractivity (Wildman–Crippen MR) is 125 cm³/mol. The fourth-order valence-corrected chi connectivity index (χ4v) is 3.70. The first-order valence-electron chi connectivity index (χ1n) is 10.3. The van der Waals surface area contributed by atoms with E-state index in [0.717, 1.165) is 5.56 Å². The normalized spacial score (nSPS) is 11.9. The quantitative estimate of drug-likeness (QED) is 0.196. The van der Waals surface area contributed by atoms with Gasteiger partial charge in [0.25, 0.3) is 5.69 Å². The molecule has 0 aliphatic heterocycles. The molecule has 0 aliphatic rings. The van der Waals surface area contributed by atoms with Gasteiger partial charge in [0.1, 0.15) is 5.75 Å². The second-order valence-corrected chi connectivity index (χ2v) is 7.44. The monoisotopic (exact) mass is 462 g/mol. The first kappa shape index (κ1) is 24.1. The van der Waals surface area contributed by atoms with E-state index in [1.54, 1.807) is 30.3 Å². The predicted octanol–water partition coefficient (Wildman–Crippen LogP) is 4.47. The molecule has 0 radical (unpaired) electrons. The van der Waals surface area contributed by atoms with Crippen molar-refractivity contribution in [3.63, 3.8) is 0 Å². The molecule has 1 atom stereocenters. The molecule has 3 rings (SSSR count). The van der Waals surface area contributed by atoms with Crippen LogP contribution in [-0.4, -0.2) is 40.4 Å². The first-order chi connectivity index (χ1) is 16.3. The molecule has 0 bridgehead atoms. The van der Waals surface area contributed by atoms with Gasteiger partial charge < -0.3 is 14.9 Å². The second-order valence-electron chi connectivity index (χ2n) is 7.44. The van der Waals surface area contributed by atoms with Crippen LogP contribution in [0.3, 0.4) is 0 Å². The minimum atomic E-state index is -1.83. The maximum Gasteiger partial charge on any atom is 0.318 e. The van der Waals surface area contributed by atoms with Gasteiger partial charge in [0.05, 0.1) is 23.3 Å². The van der Waals surface area contributed by atoms with Crippen molar-refractivity contribution in [2.75, 3.05) is 7.11 Å². The number of nitro benzene ring substituents is 1. The summed E-state index contributed by atoms with van der Waals surface area (Å²) >= 11 is 0. The molecule has 0 saturated heterocycles. The molecule has 174 valence electrons. The van der Waals surface area contributed by atoms with Gasteiger partial charge in [-0.1, -0.05) is 48.5 Å². The molecule has 0 aromatic heterocycles. The van der Waals surface area contributed by atoms with Gasteiger partial charge in [-0.3, -0.25) is 24.7 Å². The number of hydrogen-bond acceptors (Lipinski definition) is 6. The molecule has 34 heavy (non-hydrogen) atoms. The number of hydrogen-bond donors (Lipinski definition) is 2. The van der Waals surface area contributed by atoms with Gasteiger partial charge in [0.2, 0.25) is 0 Å². The van der Waals surface area contributed by atoms with Crippen molar-refractivity contribution in [1.29, 1.82) is 0 Å². The summed E-state index contributed by atoms with van der Waals surface area (Å²) < 4.78 is 5.13. The summed E-state index contributed by atoms with van der Waals surface area (Å²) in [5, 5.41) is 31.2. The summed E-state index contributed by atoms with van der Waals surface area (Å²) in [4.78, 5) is 39.4. The number of rotatable bonds is 10. The van der Waals surface area contributed by atoms with Crippen molar-refractivity contribution in [3.05, 3.63) is 99.6 Å². The third-order valence-corrected chi connectivity index (χ3v) is 5.38. The van der Waals surface area contributed by atoms with Gasteiger partial charge in [0.15, 0.2) is 5.92 Å².